The normalized spacial score (nSPS) is 14.4. The van der Waals surface area contributed by atoms with Crippen molar-refractivity contribution in [2.45, 2.75) is 0 Å². The lowest BCUT2D eigenvalue weighted by molar-refractivity contribution is 0.0416. The number of morpholine rings is 1. The molecule has 0 aliphatic carbocycles. The maximum atomic E-state index is 12.6. The van der Waals surface area contributed by atoms with Gasteiger partial charge in [0.05, 0.1) is 29.0 Å². The Bertz CT molecular complexity index is 1240. The van der Waals surface area contributed by atoms with Crippen molar-refractivity contribution in [1.29, 1.82) is 0 Å². The van der Waals surface area contributed by atoms with Crippen LogP contribution in [0.3, 0.4) is 0 Å². The zero-order chi connectivity index (χ0) is 19.8. The van der Waals surface area contributed by atoms with E-state index in [2.05, 4.69) is 4.98 Å². The zero-order valence-corrected chi connectivity index (χ0v) is 16.1. The molecule has 1 aliphatic rings. The summed E-state index contributed by atoms with van der Waals surface area (Å²) in [5.74, 6) is 0.324. The van der Waals surface area contributed by atoms with Gasteiger partial charge in [0.2, 0.25) is 0 Å². The van der Waals surface area contributed by atoms with Crippen LogP contribution in [0.2, 0.25) is 0 Å². The minimum absolute atomic E-state index is 0.324. The number of nitrogens with zero attached hydrogens (tertiary/aromatic N) is 2. The third kappa shape index (κ3) is 3.48. The molecule has 1 fully saturated rings. The molecule has 7 nitrogen and oxygen atoms in total. The molecule has 0 atom stereocenters. The molecule has 2 aromatic heterocycles. The van der Waals surface area contributed by atoms with E-state index in [1.165, 1.54) is 11.3 Å². The predicted molar refractivity (Wildman–Crippen MR) is 110 cm³/mol. The predicted octanol–water partition coefficient (Wildman–Crippen LogP) is 3.90. The molecule has 0 radical (unpaired) electrons. The van der Waals surface area contributed by atoms with Crippen molar-refractivity contribution in [1.82, 2.24) is 9.88 Å². The van der Waals surface area contributed by atoms with Crippen molar-refractivity contribution in [3.8, 4) is 16.3 Å². The highest BCUT2D eigenvalue weighted by molar-refractivity contribution is 7.21. The highest BCUT2D eigenvalue weighted by Crippen LogP contribution is 2.30. The Morgan fingerprint density at radius 3 is 2.76 bits per heavy atom. The summed E-state index contributed by atoms with van der Waals surface area (Å²) in [5.41, 5.74) is 1.13. The number of hydrogen-bond acceptors (Lipinski definition) is 7. The number of aromatic nitrogens is 1. The van der Waals surface area contributed by atoms with Crippen LogP contribution >= 0.6 is 11.3 Å². The van der Waals surface area contributed by atoms with Gasteiger partial charge in [-0.05, 0) is 30.3 Å². The van der Waals surface area contributed by atoms with Gasteiger partial charge in [-0.25, -0.2) is 14.6 Å². The molecular weight excluding hydrogens is 392 g/mol. The summed E-state index contributed by atoms with van der Waals surface area (Å²) < 4.78 is 17.2. The molecule has 5 rings (SSSR count). The van der Waals surface area contributed by atoms with Crippen molar-refractivity contribution in [2.24, 2.45) is 0 Å². The van der Waals surface area contributed by atoms with Crippen LogP contribution in [0.4, 0.5) is 4.79 Å². The number of fused-ring (bicyclic) bond motifs is 2. The molecule has 0 N–H and O–H groups in total. The Kier molecular flexibility index (Phi) is 4.49. The van der Waals surface area contributed by atoms with E-state index in [1.54, 1.807) is 29.2 Å². The van der Waals surface area contributed by atoms with E-state index in [4.69, 9.17) is 13.9 Å². The summed E-state index contributed by atoms with van der Waals surface area (Å²) in [6.07, 6.45) is -0.443. The number of para-hydroxylation sites is 1. The third-order valence-corrected chi connectivity index (χ3v) is 5.78. The Hall–Kier alpha value is -3.23. The third-order valence-electron chi connectivity index (χ3n) is 4.71. The Morgan fingerprint density at radius 1 is 1.10 bits per heavy atom. The topological polar surface area (TPSA) is 81.9 Å². The summed E-state index contributed by atoms with van der Waals surface area (Å²) >= 11 is 1.44. The molecule has 1 amide bonds. The van der Waals surface area contributed by atoms with Gasteiger partial charge in [-0.15, -0.1) is 11.3 Å². The van der Waals surface area contributed by atoms with Crippen LogP contribution in [0.5, 0.6) is 5.75 Å². The molecule has 0 bridgehead atoms. The molecule has 0 spiro atoms. The van der Waals surface area contributed by atoms with Crippen LogP contribution in [0.1, 0.15) is 0 Å². The maximum absolute atomic E-state index is 12.6. The molecule has 29 heavy (non-hydrogen) atoms. The van der Waals surface area contributed by atoms with E-state index in [0.29, 0.717) is 48.2 Å². The molecule has 4 aromatic rings. The van der Waals surface area contributed by atoms with Gasteiger partial charge in [-0.2, -0.15) is 0 Å². The molecule has 8 heteroatoms. The van der Waals surface area contributed by atoms with E-state index >= 15 is 0 Å². The molecule has 1 saturated heterocycles. The van der Waals surface area contributed by atoms with Crippen LogP contribution < -0.4 is 10.4 Å². The second-order valence-corrected chi connectivity index (χ2v) is 7.63. The smallest absolute Gasteiger partial charge is 0.415 e. The number of hydrogen-bond donors (Lipinski definition) is 0. The molecule has 3 heterocycles. The van der Waals surface area contributed by atoms with Crippen molar-refractivity contribution in [3.63, 3.8) is 0 Å². The second-order valence-electron chi connectivity index (χ2n) is 6.60. The van der Waals surface area contributed by atoms with Crippen LogP contribution in [0, 0.1) is 0 Å². The Balaban J connectivity index is 1.46. The minimum atomic E-state index is -0.479. The quantitative estimate of drug-likeness (QED) is 0.468. The molecule has 0 saturated carbocycles. The molecular formula is C21H16N2O5S. The lowest BCUT2D eigenvalue weighted by Crippen LogP contribution is -2.42. The van der Waals surface area contributed by atoms with Gasteiger partial charge in [0, 0.05) is 24.5 Å². The van der Waals surface area contributed by atoms with Gasteiger partial charge in [-0.3, -0.25) is 0 Å². The summed E-state index contributed by atoms with van der Waals surface area (Å²) in [5, 5.41) is 1.34. The Morgan fingerprint density at radius 2 is 1.93 bits per heavy atom. The van der Waals surface area contributed by atoms with Crippen molar-refractivity contribution >= 4 is 38.6 Å². The summed E-state index contributed by atoms with van der Waals surface area (Å²) in [6.45, 7) is 1.98. The van der Waals surface area contributed by atoms with Gasteiger partial charge in [0.15, 0.2) is 0 Å². The first-order chi connectivity index (χ1) is 14.2. The lowest BCUT2D eigenvalue weighted by Gasteiger charge is -2.25. The van der Waals surface area contributed by atoms with Crippen LogP contribution in [0.25, 0.3) is 31.8 Å². The number of rotatable bonds is 2. The number of carbonyl (C=O) groups is 1. The first kappa shape index (κ1) is 17.8. The monoisotopic (exact) mass is 408 g/mol. The SMILES string of the molecule is O=C(Oc1ccc2cc(-c3nc4ccccc4s3)c(=O)oc2c1)N1CCOCC1. The number of amides is 1. The van der Waals surface area contributed by atoms with E-state index in [1.807, 2.05) is 24.3 Å². The van der Waals surface area contributed by atoms with Gasteiger partial charge in [0.25, 0.3) is 0 Å². The van der Waals surface area contributed by atoms with E-state index in [9.17, 15) is 9.59 Å². The first-order valence-corrected chi connectivity index (χ1v) is 9.97. The van der Waals surface area contributed by atoms with Crippen molar-refractivity contribution < 1.29 is 18.7 Å². The van der Waals surface area contributed by atoms with Crippen LogP contribution in [-0.4, -0.2) is 42.3 Å². The van der Waals surface area contributed by atoms with Gasteiger partial charge in [-0.1, -0.05) is 12.1 Å². The van der Waals surface area contributed by atoms with E-state index in [-0.39, 0.29) is 0 Å². The molecule has 0 unspecified atom stereocenters. The fraction of sp³-hybridized carbons (Fsp3) is 0.190. The average molecular weight is 408 g/mol. The summed E-state index contributed by atoms with van der Waals surface area (Å²) in [7, 11) is 0. The number of benzene rings is 2. The standard InChI is InChI=1S/C21H16N2O5S/c24-20-15(19-22-16-3-1-2-4-18(16)29-19)11-13-5-6-14(12-17(13)28-20)27-21(25)23-7-9-26-10-8-23/h1-6,11-12H,7-10H2. The number of thiazole rings is 1. The number of carbonyl (C=O) groups excluding carboxylic acids is 1. The molecule has 1 aliphatic heterocycles. The highest BCUT2D eigenvalue weighted by atomic mass is 32.1. The number of ether oxygens (including phenoxy) is 2. The lowest BCUT2D eigenvalue weighted by atomic mass is 10.2. The van der Waals surface area contributed by atoms with Crippen LogP contribution in [-0.2, 0) is 4.74 Å². The molecule has 2 aromatic carbocycles. The zero-order valence-electron chi connectivity index (χ0n) is 15.3. The second kappa shape index (κ2) is 7.31. The first-order valence-electron chi connectivity index (χ1n) is 9.16. The minimum Gasteiger partial charge on any atom is -0.422 e. The maximum Gasteiger partial charge on any atom is 0.415 e. The van der Waals surface area contributed by atoms with Gasteiger partial charge < -0.3 is 18.8 Å². The average Bonchev–Trinajstić information content (AvgIpc) is 3.18. The fourth-order valence-corrected chi connectivity index (χ4v) is 4.17. The summed E-state index contributed by atoms with van der Waals surface area (Å²) in [4.78, 5) is 30.9. The van der Waals surface area contributed by atoms with Gasteiger partial charge >= 0.3 is 11.7 Å². The Labute approximate surface area is 169 Å². The fourth-order valence-electron chi connectivity index (χ4n) is 3.20. The van der Waals surface area contributed by atoms with Crippen LogP contribution in [0.15, 0.2) is 57.7 Å². The van der Waals surface area contributed by atoms with E-state index < -0.39 is 11.7 Å². The largest absolute Gasteiger partial charge is 0.422 e. The molecule has 146 valence electrons. The highest BCUT2D eigenvalue weighted by Gasteiger charge is 2.19. The van der Waals surface area contributed by atoms with Crippen molar-refractivity contribution in [3.05, 3.63) is 59.0 Å². The van der Waals surface area contributed by atoms with Crippen molar-refractivity contribution in [2.75, 3.05) is 26.3 Å². The van der Waals surface area contributed by atoms with Gasteiger partial charge in [0.1, 0.15) is 16.3 Å². The van der Waals surface area contributed by atoms with E-state index in [0.717, 1.165) is 15.6 Å². The summed E-state index contributed by atoms with van der Waals surface area (Å²) in [6, 6.07) is 14.5.